The van der Waals surface area contributed by atoms with Crippen LogP contribution in [0.5, 0.6) is 0 Å². The fourth-order valence-electron chi connectivity index (χ4n) is 14.8. The van der Waals surface area contributed by atoms with Crippen LogP contribution in [0.4, 0.5) is 0 Å². The number of hydrogen-bond acceptors (Lipinski definition) is 6. The van der Waals surface area contributed by atoms with Crippen LogP contribution in [0.3, 0.4) is 0 Å². The molecule has 6 aliphatic rings. The Kier molecular flexibility index (Phi) is 12.9. The third-order valence-corrected chi connectivity index (χ3v) is 18.1. The first-order chi connectivity index (χ1) is 25.6. The zero-order valence-corrected chi connectivity index (χ0v) is 37.0. The highest BCUT2D eigenvalue weighted by molar-refractivity contribution is 5.77. The Hall–Kier alpha value is -1.93. The van der Waals surface area contributed by atoms with Gasteiger partial charge in [-0.05, 0) is 127 Å². The SMILES string of the molecule is C=C(C)[C@@H]1CC[C@]2(CC(=O)NCCN3CCOCC3)CC[C@]3(C)[C@H](CCC4(C)[C@@]5(C)CCC(OC(=O)CC(C)(C)CC(=O)O)C(C)(C)C5CC[C@]43C)C12.CC. The number of fused-ring (bicyclic) bond motifs is 7. The molecule has 0 radical (unpaired) electrons. The maximum Gasteiger partial charge on any atom is 0.306 e. The minimum absolute atomic E-state index is 0.0466. The molecule has 1 aliphatic heterocycles. The molecule has 1 heterocycles. The first-order valence-corrected chi connectivity index (χ1v) is 22.3. The summed E-state index contributed by atoms with van der Waals surface area (Å²) in [6, 6.07) is 0. The van der Waals surface area contributed by atoms with Crippen LogP contribution in [0.2, 0.25) is 0 Å². The number of ether oxygens (including phenoxy) is 2. The Morgan fingerprint density at radius 1 is 0.855 bits per heavy atom. The lowest BCUT2D eigenvalue weighted by atomic mass is 9.27. The third-order valence-electron chi connectivity index (χ3n) is 18.1. The van der Waals surface area contributed by atoms with Crippen molar-refractivity contribution >= 4 is 17.8 Å². The standard InChI is InChI=1S/C45H74N2O6.C2H6/c1-30(2)31-11-18-45(27-35(48)46-21-22-47-23-25-52-26-24-47)20-19-41(7)32(38(31)45)12-16-44(10)42(8)15-14-34(40(5,6)33(42)13-17-43(41,44)9)53-37(51)29-39(3,4)28-36(49)50;1-2/h31-34,38H,1,11-29H2,2-10H3,(H,46,48)(H,49,50);1-2H3/t31-,32+,33?,34?,38?,41+,42-,43-,44?,45+;/m0./s1. The quantitative estimate of drug-likeness (QED) is 0.159. The monoisotopic (exact) mass is 769 g/mol. The normalized spacial score (nSPS) is 40.9. The second-order valence-corrected chi connectivity index (χ2v) is 21.3. The number of carbonyl (C=O) groups excluding carboxylic acids is 2. The lowest BCUT2D eigenvalue weighted by molar-refractivity contribution is -0.292. The molecule has 5 aliphatic carbocycles. The van der Waals surface area contributed by atoms with Gasteiger partial charge >= 0.3 is 11.9 Å². The number of aliphatic carboxylic acids is 1. The zero-order chi connectivity index (χ0) is 40.8. The molecule has 6 rings (SSSR count). The van der Waals surface area contributed by atoms with Gasteiger partial charge in [0.15, 0.2) is 0 Å². The van der Waals surface area contributed by atoms with Crippen LogP contribution in [0.15, 0.2) is 12.2 Å². The Morgan fingerprint density at radius 3 is 2.13 bits per heavy atom. The van der Waals surface area contributed by atoms with E-state index in [4.69, 9.17) is 9.47 Å². The second-order valence-electron chi connectivity index (χ2n) is 21.3. The molecule has 5 saturated carbocycles. The van der Waals surface area contributed by atoms with Crippen LogP contribution in [0, 0.1) is 61.6 Å². The van der Waals surface area contributed by atoms with Gasteiger partial charge in [-0.3, -0.25) is 19.3 Å². The van der Waals surface area contributed by atoms with Gasteiger partial charge in [0, 0.05) is 38.0 Å². The summed E-state index contributed by atoms with van der Waals surface area (Å²) in [5.41, 5.74) is 1.06. The first kappa shape index (κ1) is 44.2. The number of rotatable bonds is 11. The van der Waals surface area contributed by atoms with Crippen LogP contribution in [0.25, 0.3) is 0 Å². The summed E-state index contributed by atoms with van der Waals surface area (Å²) in [6.07, 6.45) is 11.7. The lowest BCUT2D eigenvalue weighted by Crippen LogP contribution is -2.71. The topological polar surface area (TPSA) is 105 Å². The van der Waals surface area contributed by atoms with Gasteiger partial charge in [-0.15, -0.1) is 0 Å². The molecule has 4 unspecified atom stereocenters. The van der Waals surface area contributed by atoms with Gasteiger partial charge < -0.3 is 19.9 Å². The highest BCUT2D eigenvalue weighted by Crippen LogP contribution is 2.81. The van der Waals surface area contributed by atoms with E-state index in [1.807, 2.05) is 27.7 Å². The molecule has 8 nitrogen and oxygen atoms in total. The predicted octanol–water partition coefficient (Wildman–Crippen LogP) is 9.70. The van der Waals surface area contributed by atoms with E-state index in [2.05, 4.69) is 65.3 Å². The molecule has 314 valence electrons. The molecule has 0 bridgehead atoms. The molecule has 55 heavy (non-hydrogen) atoms. The molecule has 0 aromatic rings. The summed E-state index contributed by atoms with van der Waals surface area (Å²) in [4.78, 5) is 40.9. The molecular weight excluding hydrogens is 689 g/mol. The van der Waals surface area contributed by atoms with Crippen molar-refractivity contribution in [2.75, 3.05) is 39.4 Å². The lowest BCUT2D eigenvalue weighted by Gasteiger charge is -2.77. The number of esters is 1. The average Bonchev–Trinajstić information content (AvgIpc) is 3.47. The van der Waals surface area contributed by atoms with Crippen molar-refractivity contribution < 1.29 is 29.0 Å². The number of carbonyl (C=O) groups is 3. The third kappa shape index (κ3) is 7.60. The molecule has 8 heteroatoms. The summed E-state index contributed by atoms with van der Waals surface area (Å²) in [5.74, 6) is 1.05. The summed E-state index contributed by atoms with van der Waals surface area (Å²) >= 11 is 0. The summed E-state index contributed by atoms with van der Waals surface area (Å²) in [5, 5.41) is 12.7. The molecule has 1 saturated heterocycles. The fraction of sp³-hybridized carbons (Fsp3) is 0.894. The van der Waals surface area contributed by atoms with Crippen molar-refractivity contribution in [2.45, 2.75) is 166 Å². The summed E-state index contributed by atoms with van der Waals surface area (Å²) in [6.45, 7) is 34.8. The molecular formula is C47H80N2O6. The minimum Gasteiger partial charge on any atom is -0.481 e. The van der Waals surface area contributed by atoms with Crippen molar-refractivity contribution in [1.82, 2.24) is 10.2 Å². The van der Waals surface area contributed by atoms with Gasteiger partial charge in [0.05, 0.1) is 26.1 Å². The van der Waals surface area contributed by atoms with Crippen molar-refractivity contribution in [3.8, 4) is 0 Å². The zero-order valence-electron chi connectivity index (χ0n) is 37.0. The van der Waals surface area contributed by atoms with Crippen LogP contribution in [0.1, 0.15) is 160 Å². The van der Waals surface area contributed by atoms with Gasteiger partial charge in [-0.2, -0.15) is 0 Å². The van der Waals surface area contributed by atoms with E-state index in [9.17, 15) is 19.5 Å². The Morgan fingerprint density at radius 2 is 1.49 bits per heavy atom. The molecule has 2 N–H and O–H groups in total. The van der Waals surface area contributed by atoms with E-state index in [-0.39, 0.29) is 63.3 Å². The van der Waals surface area contributed by atoms with Crippen LogP contribution < -0.4 is 5.32 Å². The van der Waals surface area contributed by atoms with Crippen LogP contribution in [-0.2, 0) is 23.9 Å². The van der Waals surface area contributed by atoms with Crippen LogP contribution >= 0.6 is 0 Å². The van der Waals surface area contributed by atoms with E-state index in [0.29, 0.717) is 36.6 Å². The van der Waals surface area contributed by atoms with Crippen molar-refractivity contribution in [1.29, 1.82) is 0 Å². The van der Waals surface area contributed by atoms with Gasteiger partial charge in [-0.1, -0.05) is 81.4 Å². The summed E-state index contributed by atoms with van der Waals surface area (Å²) in [7, 11) is 0. The maximum atomic E-state index is 13.8. The second kappa shape index (κ2) is 16.0. The molecule has 6 fully saturated rings. The van der Waals surface area contributed by atoms with E-state index >= 15 is 0 Å². The van der Waals surface area contributed by atoms with Gasteiger partial charge in [0.25, 0.3) is 0 Å². The van der Waals surface area contributed by atoms with Crippen molar-refractivity contribution in [3.05, 3.63) is 12.2 Å². The molecule has 0 aromatic heterocycles. The first-order valence-electron chi connectivity index (χ1n) is 22.3. The van der Waals surface area contributed by atoms with E-state index in [0.717, 1.165) is 71.4 Å². The predicted molar refractivity (Wildman–Crippen MR) is 220 cm³/mol. The number of nitrogens with zero attached hydrogens (tertiary/aromatic N) is 1. The van der Waals surface area contributed by atoms with E-state index in [1.165, 1.54) is 31.3 Å². The van der Waals surface area contributed by atoms with Gasteiger partial charge in [0.2, 0.25) is 5.91 Å². The highest BCUT2D eigenvalue weighted by Gasteiger charge is 2.75. The van der Waals surface area contributed by atoms with E-state index in [1.54, 1.807) is 0 Å². The van der Waals surface area contributed by atoms with Crippen LogP contribution in [-0.4, -0.2) is 73.3 Å². The Balaban J connectivity index is 0.00000285. The Labute approximate surface area is 335 Å². The number of carboxylic acid groups (broad SMARTS) is 1. The number of carboxylic acids is 1. The highest BCUT2D eigenvalue weighted by atomic mass is 16.5. The summed E-state index contributed by atoms with van der Waals surface area (Å²) < 4.78 is 11.8. The number of allylic oxidation sites excluding steroid dienone is 1. The number of hydrogen-bond donors (Lipinski definition) is 2. The van der Waals surface area contributed by atoms with Crippen molar-refractivity contribution in [3.63, 3.8) is 0 Å². The number of amides is 1. The van der Waals surface area contributed by atoms with Gasteiger partial charge in [-0.25, -0.2) is 0 Å². The fourth-order valence-corrected chi connectivity index (χ4v) is 14.8. The average molecular weight is 769 g/mol. The maximum absolute atomic E-state index is 13.8. The minimum atomic E-state index is -0.883. The van der Waals surface area contributed by atoms with Gasteiger partial charge in [0.1, 0.15) is 6.10 Å². The molecule has 10 atom stereocenters. The Bertz CT molecular complexity index is 1440. The molecule has 0 spiro atoms. The molecule has 0 aromatic carbocycles. The number of morpholine rings is 1. The van der Waals surface area contributed by atoms with E-state index < -0.39 is 11.4 Å². The number of nitrogens with one attached hydrogen (secondary N) is 1. The van der Waals surface area contributed by atoms with Crippen molar-refractivity contribution in [2.24, 2.45) is 61.6 Å². The molecule has 1 amide bonds. The smallest absolute Gasteiger partial charge is 0.306 e. The largest absolute Gasteiger partial charge is 0.481 e.